The predicted octanol–water partition coefficient (Wildman–Crippen LogP) is 3.21. The number of guanidine groups is 1. The van der Waals surface area contributed by atoms with E-state index < -0.39 is 17.7 Å². The fraction of sp³-hybridized carbons (Fsp3) is 0.250. The highest BCUT2D eigenvalue weighted by Crippen LogP contribution is 2.43. The van der Waals surface area contributed by atoms with Crippen LogP contribution in [0.2, 0.25) is 5.02 Å². The molecule has 2 aromatic carbocycles. The lowest BCUT2D eigenvalue weighted by molar-refractivity contribution is -0.0751. The molecule has 142 valence electrons. The lowest BCUT2D eigenvalue weighted by atomic mass is 9.85. The highest BCUT2D eigenvalue weighted by Gasteiger charge is 2.46. The Bertz CT molecular complexity index is 1020. The number of ether oxygens (including phenoxy) is 1. The number of nitriles is 2. The van der Waals surface area contributed by atoms with Crippen LogP contribution in [0.25, 0.3) is 0 Å². The van der Waals surface area contributed by atoms with Gasteiger partial charge in [0.1, 0.15) is 23.5 Å². The number of aliphatic hydroxyl groups excluding tert-OH is 1. The predicted molar refractivity (Wildman–Crippen MR) is 105 cm³/mol. The third kappa shape index (κ3) is 3.46. The molecule has 0 aromatic heterocycles. The molecule has 3 rings (SSSR count). The fourth-order valence-corrected chi connectivity index (χ4v) is 3.27. The van der Waals surface area contributed by atoms with Gasteiger partial charge in [-0.25, -0.2) is 9.89 Å². The van der Waals surface area contributed by atoms with Crippen LogP contribution in [0.5, 0.6) is 5.75 Å². The first-order valence-corrected chi connectivity index (χ1v) is 8.85. The minimum absolute atomic E-state index is 0.134. The maximum absolute atomic E-state index is 10.9. The van der Waals surface area contributed by atoms with Gasteiger partial charge in [0.05, 0.1) is 22.3 Å². The lowest BCUT2D eigenvalue weighted by Gasteiger charge is -2.44. The van der Waals surface area contributed by atoms with Crippen molar-refractivity contribution in [2.75, 3.05) is 0 Å². The van der Waals surface area contributed by atoms with E-state index in [1.54, 1.807) is 56.3 Å². The number of nitrogens with two attached hydrogens (primary N) is 1. The monoisotopic (exact) mass is 395 g/mol. The summed E-state index contributed by atoms with van der Waals surface area (Å²) in [6.45, 7) is 3.42. The highest BCUT2D eigenvalue weighted by molar-refractivity contribution is 6.33. The number of aliphatic imine (C=N–C) groups is 1. The van der Waals surface area contributed by atoms with Crippen LogP contribution in [0, 0.1) is 22.8 Å². The number of rotatable bonds is 2. The molecule has 0 fully saturated rings. The Morgan fingerprint density at radius 2 is 2.00 bits per heavy atom. The molecule has 2 atom stereocenters. The third-order valence-electron chi connectivity index (χ3n) is 4.56. The summed E-state index contributed by atoms with van der Waals surface area (Å²) in [5.41, 5.74) is 6.37. The number of hydrogen-bond acceptors (Lipinski definition) is 5. The van der Waals surface area contributed by atoms with E-state index in [0.717, 1.165) is 4.90 Å². The van der Waals surface area contributed by atoms with E-state index in [2.05, 4.69) is 4.99 Å². The van der Waals surface area contributed by atoms with Gasteiger partial charge in [-0.15, -0.1) is 0 Å². The summed E-state index contributed by atoms with van der Waals surface area (Å²) >= 11 is 6.13. The van der Waals surface area contributed by atoms with E-state index in [1.165, 1.54) is 0 Å². The summed E-state index contributed by atoms with van der Waals surface area (Å²) in [4.78, 5) is 5.36. The smallest absolute Gasteiger partial charge is 0.210 e. The van der Waals surface area contributed by atoms with Gasteiger partial charge >= 0.3 is 0 Å². The largest absolute Gasteiger partial charge is 0.485 e. The second-order valence-electron chi connectivity index (χ2n) is 6.85. The number of para-hydroxylation sites is 1. The standard InChI is InChI=1S/C20H18ClN5O2/c1-20(2)18(27)17(13-9-12(10-22)7-8-16(13)28-20)26(11-23)19(24)25-15-6-4-3-5-14(15)21/h3-9,17-18,27H,1-2H3,(H2,24,25)/t17-,18+/m0/s1. The molecule has 0 amide bonds. The summed E-state index contributed by atoms with van der Waals surface area (Å²) in [5, 5.41) is 30.3. The first-order chi connectivity index (χ1) is 13.3. The molecule has 3 N–H and O–H groups in total. The van der Waals surface area contributed by atoms with E-state index >= 15 is 0 Å². The van der Waals surface area contributed by atoms with Crippen LogP contribution in [-0.2, 0) is 0 Å². The minimum Gasteiger partial charge on any atom is -0.485 e. The summed E-state index contributed by atoms with van der Waals surface area (Å²) < 4.78 is 5.88. The van der Waals surface area contributed by atoms with Crippen LogP contribution in [0.1, 0.15) is 31.0 Å². The van der Waals surface area contributed by atoms with Gasteiger partial charge in [-0.2, -0.15) is 10.5 Å². The molecule has 1 aliphatic heterocycles. The van der Waals surface area contributed by atoms with Gasteiger partial charge in [0.25, 0.3) is 0 Å². The molecular weight excluding hydrogens is 378 g/mol. The van der Waals surface area contributed by atoms with Crippen molar-refractivity contribution in [1.29, 1.82) is 10.5 Å². The second kappa shape index (κ2) is 7.40. The van der Waals surface area contributed by atoms with Gasteiger partial charge in [0.2, 0.25) is 5.96 Å². The zero-order valence-corrected chi connectivity index (χ0v) is 16.1. The minimum atomic E-state index is -1.12. The Hall–Kier alpha value is -3.26. The normalized spacial score (nSPS) is 20.3. The molecule has 0 radical (unpaired) electrons. The van der Waals surface area contributed by atoms with Crippen molar-refractivity contribution in [3.05, 3.63) is 58.6 Å². The quantitative estimate of drug-likeness (QED) is 0.349. The average molecular weight is 396 g/mol. The Kier molecular flexibility index (Phi) is 5.15. The molecule has 7 nitrogen and oxygen atoms in total. The number of benzene rings is 2. The van der Waals surface area contributed by atoms with Gasteiger partial charge in [-0.3, -0.25) is 0 Å². The highest BCUT2D eigenvalue weighted by atomic mass is 35.5. The number of aliphatic hydroxyl groups is 1. The molecule has 0 saturated carbocycles. The molecule has 0 unspecified atom stereocenters. The molecule has 28 heavy (non-hydrogen) atoms. The molecule has 2 aromatic rings. The SMILES string of the molecule is CC1(C)Oc2ccc(C#N)cc2[C@H](N(C#N)C(N)=Nc2ccccc2Cl)[C@H]1O. The van der Waals surface area contributed by atoms with Crippen molar-refractivity contribution >= 4 is 23.2 Å². The molecule has 1 heterocycles. The van der Waals surface area contributed by atoms with Gasteiger partial charge in [-0.1, -0.05) is 23.7 Å². The van der Waals surface area contributed by atoms with Gasteiger partial charge < -0.3 is 15.6 Å². The summed E-state index contributed by atoms with van der Waals surface area (Å²) in [6.07, 6.45) is 0.877. The van der Waals surface area contributed by atoms with E-state index in [9.17, 15) is 15.6 Å². The van der Waals surface area contributed by atoms with Crippen molar-refractivity contribution in [2.24, 2.45) is 10.7 Å². The molecule has 0 spiro atoms. The van der Waals surface area contributed by atoms with Crippen LogP contribution in [0.3, 0.4) is 0 Å². The van der Waals surface area contributed by atoms with Crippen molar-refractivity contribution in [3.63, 3.8) is 0 Å². The van der Waals surface area contributed by atoms with Crippen molar-refractivity contribution < 1.29 is 9.84 Å². The Morgan fingerprint density at radius 3 is 2.64 bits per heavy atom. The van der Waals surface area contributed by atoms with Crippen molar-refractivity contribution in [3.8, 4) is 18.0 Å². The maximum Gasteiger partial charge on any atom is 0.210 e. The van der Waals surface area contributed by atoms with Gasteiger partial charge in [0.15, 0.2) is 6.19 Å². The van der Waals surface area contributed by atoms with E-state index in [-0.39, 0.29) is 5.96 Å². The van der Waals surface area contributed by atoms with Crippen LogP contribution >= 0.6 is 11.6 Å². The van der Waals surface area contributed by atoms with Gasteiger partial charge in [-0.05, 0) is 44.2 Å². The Morgan fingerprint density at radius 1 is 1.29 bits per heavy atom. The van der Waals surface area contributed by atoms with Crippen molar-refractivity contribution in [1.82, 2.24) is 4.90 Å². The first-order valence-electron chi connectivity index (χ1n) is 8.47. The summed E-state index contributed by atoms with van der Waals surface area (Å²) in [6, 6.07) is 12.8. The van der Waals surface area contributed by atoms with Crippen molar-refractivity contribution in [2.45, 2.75) is 31.6 Å². The third-order valence-corrected chi connectivity index (χ3v) is 4.88. The average Bonchev–Trinajstić information content (AvgIpc) is 2.66. The maximum atomic E-state index is 10.9. The molecular formula is C20H18ClN5O2. The number of fused-ring (bicyclic) bond motifs is 1. The van der Waals surface area contributed by atoms with Crippen LogP contribution in [-0.4, -0.2) is 27.7 Å². The van der Waals surface area contributed by atoms with E-state index in [0.29, 0.717) is 27.6 Å². The first kappa shape index (κ1) is 19.5. The fourth-order valence-electron chi connectivity index (χ4n) is 3.09. The summed E-state index contributed by atoms with van der Waals surface area (Å²) in [5.74, 6) is 0.329. The Labute approximate surface area is 167 Å². The molecule has 0 bridgehead atoms. The Balaban J connectivity index is 2.12. The number of nitrogens with zero attached hydrogens (tertiary/aromatic N) is 4. The molecule has 1 aliphatic rings. The molecule has 8 heteroatoms. The van der Waals surface area contributed by atoms with Crippen LogP contribution in [0.15, 0.2) is 47.5 Å². The van der Waals surface area contributed by atoms with Crippen LogP contribution in [0.4, 0.5) is 5.69 Å². The van der Waals surface area contributed by atoms with Crippen LogP contribution < -0.4 is 10.5 Å². The number of halogens is 1. The lowest BCUT2D eigenvalue weighted by Crippen LogP contribution is -2.54. The summed E-state index contributed by atoms with van der Waals surface area (Å²) in [7, 11) is 0. The molecule has 0 saturated heterocycles. The zero-order valence-electron chi connectivity index (χ0n) is 15.3. The van der Waals surface area contributed by atoms with E-state index in [1.807, 2.05) is 12.3 Å². The van der Waals surface area contributed by atoms with E-state index in [4.69, 9.17) is 22.1 Å². The number of hydrogen-bond donors (Lipinski definition) is 2. The topological polar surface area (TPSA) is 119 Å². The second-order valence-corrected chi connectivity index (χ2v) is 7.26. The van der Waals surface area contributed by atoms with Gasteiger partial charge in [0, 0.05) is 5.56 Å². The zero-order chi connectivity index (χ0) is 20.5. The molecule has 0 aliphatic carbocycles.